The average Bonchev–Trinajstić information content (AvgIpc) is 2.24. The topological polar surface area (TPSA) is 49.4 Å². The Morgan fingerprint density at radius 1 is 1.06 bits per heavy atom. The number of hydrogen-bond donors (Lipinski definition) is 1. The van der Waals surface area contributed by atoms with E-state index >= 15 is 0 Å². The Hall–Kier alpha value is -0.130. The number of unbranched alkanes of at least 4 members (excludes halogenated alkanes) is 2. The van der Waals surface area contributed by atoms with E-state index in [1.54, 1.807) is 7.05 Å². The molecule has 0 saturated carbocycles. The molecular formula is C11H26N2O2S. The van der Waals surface area contributed by atoms with Gasteiger partial charge in [0, 0.05) is 20.1 Å². The van der Waals surface area contributed by atoms with Crippen molar-refractivity contribution in [3.8, 4) is 0 Å². The van der Waals surface area contributed by atoms with Crippen LogP contribution in [0, 0.1) is 0 Å². The lowest BCUT2D eigenvalue weighted by atomic mass is 10.2. The van der Waals surface area contributed by atoms with Crippen molar-refractivity contribution in [3.63, 3.8) is 0 Å². The Morgan fingerprint density at radius 3 is 2.31 bits per heavy atom. The Balaban J connectivity index is 3.82. The maximum atomic E-state index is 11.8. The van der Waals surface area contributed by atoms with Gasteiger partial charge in [0.25, 0.3) is 0 Å². The molecule has 0 atom stereocenters. The fourth-order valence-corrected chi connectivity index (χ4v) is 2.50. The van der Waals surface area contributed by atoms with Gasteiger partial charge in [-0.2, -0.15) is 0 Å². The van der Waals surface area contributed by atoms with E-state index in [-0.39, 0.29) is 5.75 Å². The van der Waals surface area contributed by atoms with Crippen molar-refractivity contribution < 1.29 is 8.42 Å². The molecule has 1 N–H and O–H groups in total. The molecule has 0 amide bonds. The van der Waals surface area contributed by atoms with Crippen molar-refractivity contribution in [1.29, 1.82) is 0 Å². The molecule has 0 unspecified atom stereocenters. The second-order valence-electron chi connectivity index (χ2n) is 4.09. The summed E-state index contributed by atoms with van der Waals surface area (Å²) in [5.74, 6) is 0.204. The van der Waals surface area contributed by atoms with Crippen LogP contribution in [-0.4, -0.2) is 45.2 Å². The van der Waals surface area contributed by atoms with Crippen molar-refractivity contribution in [2.75, 3.05) is 32.4 Å². The molecule has 0 aromatic rings. The van der Waals surface area contributed by atoms with Gasteiger partial charge < -0.3 is 5.32 Å². The van der Waals surface area contributed by atoms with E-state index in [1.165, 1.54) is 4.31 Å². The minimum absolute atomic E-state index is 0.204. The smallest absolute Gasteiger partial charge is 0.215 e. The standard InChI is InChI=1S/C11H26N2O2S/c1-4-6-7-10-13(3)16(14,15)11-9-12-8-5-2/h12H,4-11H2,1-3H3. The molecule has 4 nitrogen and oxygen atoms in total. The molecule has 5 heteroatoms. The van der Waals surface area contributed by atoms with Gasteiger partial charge in [0.05, 0.1) is 5.75 Å². The average molecular weight is 250 g/mol. The predicted octanol–water partition coefficient (Wildman–Crippen LogP) is 1.44. The summed E-state index contributed by atoms with van der Waals surface area (Å²) in [7, 11) is -1.38. The van der Waals surface area contributed by atoms with E-state index < -0.39 is 10.0 Å². The Morgan fingerprint density at radius 2 is 1.75 bits per heavy atom. The summed E-state index contributed by atoms with van der Waals surface area (Å²) in [6.45, 7) is 6.26. The van der Waals surface area contributed by atoms with Crippen LogP contribution in [0.2, 0.25) is 0 Å². The Bertz CT molecular complexity index is 253. The highest BCUT2D eigenvalue weighted by atomic mass is 32.2. The van der Waals surface area contributed by atoms with Crippen molar-refractivity contribution in [2.45, 2.75) is 39.5 Å². The lowest BCUT2D eigenvalue weighted by molar-refractivity contribution is 0.453. The van der Waals surface area contributed by atoms with Crippen LogP contribution in [0.4, 0.5) is 0 Å². The maximum Gasteiger partial charge on any atom is 0.215 e. The first-order valence-corrected chi connectivity index (χ1v) is 7.80. The molecule has 0 aliphatic heterocycles. The molecule has 0 aliphatic rings. The molecule has 0 aliphatic carbocycles. The van der Waals surface area contributed by atoms with Crippen LogP contribution in [-0.2, 0) is 10.0 Å². The highest BCUT2D eigenvalue weighted by Crippen LogP contribution is 2.02. The zero-order valence-corrected chi connectivity index (χ0v) is 11.6. The zero-order chi connectivity index (χ0) is 12.4. The molecule has 98 valence electrons. The fourth-order valence-electron chi connectivity index (χ4n) is 1.38. The van der Waals surface area contributed by atoms with Crippen LogP contribution in [0.1, 0.15) is 39.5 Å². The van der Waals surface area contributed by atoms with Gasteiger partial charge in [-0.1, -0.05) is 26.7 Å². The minimum atomic E-state index is -3.05. The van der Waals surface area contributed by atoms with Gasteiger partial charge in [-0.15, -0.1) is 0 Å². The van der Waals surface area contributed by atoms with E-state index in [4.69, 9.17) is 0 Å². The van der Waals surface area contributed by atoms with E-state index in [0.717, 1.165) is 32.2 Å². The summed E-state index contributed by atoms with van der Waals surface area (Å²) in [6.07, 6.45) is 4.20. The zero-order valence-electron chi connectivity index (χ0n) is 10.8. The van der Waals surface area contributed by atoms with Gasteiger partial charge in [0.2, 0.25) is 10.0 Å². The van der Waals surface area contributed by atoms with Crippen molar-refractivity contribution >= 4 is 10.0 Å². The van der Waals surface area contributed by atoms with E-state index in [1.807, 2.05) is 0 Å². The largest absolute Gasteiger partial charge is 0.316 e. The molecule has 16 heavy (non-hydrogen) atoms. The molecule has 0 heterocycles. The number of nitrogens with zero attached hydrogens (tertiary/aromatic N) is 1. The number of sulfonamides is 1. The number of rotatable bonds is 10. The third-order valence-corrected chi connectivity index (χ3v) is 4.37. The summed E-state index contributed by atoms with van der Waals surface area (Å²) < 4.78 is 25.0. The van der Waals surface area contributed by atoms with Crippen molar-refractivity contribution in [3.05, 3.63) is 0 Å². The summed E-state index contributed by atoms with van der Waals surface area (Å²) >= 11 is 0. The number of nitrogens with one attached hydrogen (secondary N) is 1. The highest BCUT2D eigenvalue weighted by molar-refractivity contribution is 7.89. The Labute approximate surface area is 100 Å². The van der Waals surface area contributed by atoms with Gasteiger partial charge in [-0.3, -0.25) is 0 Å². The van der Waals surface area contributed by atoms with Crippen molar-refractivity contribution in [1.82, 2.24) is 9.62 Å². The van der Waals surface area contributed by atoms with E-state index in [0.29, 0.717) is 13.1 Å². The number of hydrogen-bond acceptors (Lipinski definition) is 3. The van der Waals surface area contributed by atoms with Crippen molar-refractivity contribution in [2.24, 2.45) is 0 Å². The molecule has 0 bridgehead atoms. The van der Waals surface area contributed by atoms with Gasteiger partial charge in [0.15, 0.2) is 0 Å². The van der Waals surface area contributed by atoms with Crippen LogP contribution >= 0.6 is 0 Å². The van der Waals surface area contributed by atoms with Crippen LogP contribution in [0.3, 0.4) is 0 Å². The summed E-state index contributed by atoms with van der Waals surface area (Å²) in [4.78, 5) is 0. The van der Waals surface area contributed by atoms with E-state index in [2.05, 4.69) is 19.2 Å². The minimum Gasteiger partial charge on any atom is -0.316 e. The molecule has 0 radical (unpaired) electrons. The van der Waals surface area contributed by atoms with Gasteiger partial charge in [-0.05, 0) is 19.4 Å². The van der Waals surface area contributed by atoms with Gasteiger partial charge >= 0.3 is 0 Å². The monoisotopic (exact) mass is 250 g/mol. The predicted molar refractivity (Wildman–Crippen MR) is 69.1 cm³/mol. The Kier molecular flexibility index (Phi) is 8.89. The van der Waals surface area contributed by atoms with E-state index in [9.17, 15) is 8.42 Å². The van der Waals surface area contributed by atoms with Crippen LogP contribution in [0.15, 0.2) is 0 Å². The summed E-state index contributed by atoms with van der Waals surface area (Å²) in [6, 6.07) is 0. The third kappa shape index (κ3) is 7.19. The maximum absolute atomic E-state index is 11.8. The van der Waals surface area contributed by atoms with Crippen LogP contribution < -0.4 is 5.32 Å². The second-order valence-corrected chi connectivity index (χ2v) is 6.29. The third-order valence-electron chi connectivity index (χ3n) is 2.51. The molecule has 0 aromatic heterocycles. The summed E-state index contributed by atoms with van der Waals surface area (Å²) in [5, 5.41) is 3.11. The molecule has 0 saturated heterocycles. The van der Waals surface area contributed by atoms with Crippen LogP contribution in [0.5, 0.6) is 0 Å². The lowest BCUT2D eigenvalue weighted by Gasteiger charge is -2.17. The first-order valence-electron chi connectivity index (χ1n) is 6.19. The second kappa shape index (κ2) is 8.96. The fraction of sp³-hybridized carbons (Fsp3) is 1.00. The highest BCUT2D eigenvalue weighted by Gasteiger charge is 2.16. The molecular weight excluding hydrogens is 224 g/mol. The quantitative estimate of drug-likeness (QED) is 0.597. The van der Waals surface area contributed by atoms with Gasteiger partial charge in [0.1, 0.15) is 0 Å². The molecule has 0 rings (SSSR count). The van der Waals surface area contributed by atoms with Crippen LogP contribution in [0.25, 0.3) is 0 Å². The molecule has 0 fully saturated rings. The first-order chi connectivity index (χ1) is 7.54. The molecule has 0 spiro atoms. The summed E-state index contributed by atoms with van der Waals surface area (Å²) in [5.41, 5.74) is 0. The van der Waals surface area contributed by atoms with Gasteiger partial charge in [-0.25, -0.2) is 12.7 Å². The first kappa shape index (κ1) is 15.9. The molecule has 0 aromatic carbocycles. The SMILES string of the molecule is CCCCCN(C)S(=O)(=O)CCNCCC. The lowest BCUT2D eigenvalue weighted by Crippen LogP contribution is -2.34. The normalized spacial score (nSPS) is 12.2.